The lowest BCUT2D eigenvalue weighted by Crippen LogP contribution is -2.05. The lowest BCUT2D eigenvalue weighted by molar-refractivity contribution is -0.132. The standard InChI is InChI=1S/C12H11NO2.H8P6/c1-8-10(12(14)15)7-13-11(8)9-5-3-2-4-6-9;1-5(2)6(3)4/h2-6H,7H2,1H3,(H,14,15);1-4H2. The molecule has 0 radical (unpaired) electrons. The molecular formula is C12H19NO2P6. The molecular weight excluding hydrogens is 376 g/mol. The highest BCUT2D eigenvalue weighted by Crippen LogP contribution is 2.86. The van der Waals surface area contributed by atoms with Crippen LogP contribution in [0.1, 0.15) is 12.5 Å². The van der Waals surface area contributed by atoms with Gasteiger partial charge >= 0.3 is 5.97 Å². The van der Waals surface area contributed by atoms with E-state index in [4.69, 9.17) is 5.11 Å². The fourth-order valence-corrected chi connectivity index (χ4v) is 1.67. The zero-order valence-corrected chi connectivity index (χ0v) is 18.0. The molecule has 0 aliphatic carbocycles. The number of rotatable bonds is 3. The fraction of sp³-hybridized carbons (Fsp3) is 0.167. The van der Waals surface area contributed by atoms with E-state index in [1.165, 1.54) is 0 Å². The molecule has 0 spiro atoms. The molecule has 1 aliphatic heterocycles. The molecule has 3 nitrogen and oxygen atoms in total. The van der Waals surface area contributed by atoms with Gasteiger partial charge in [-0.25, -0.2) is 4.79 Å². The van der Waals surface area contributed by atoms with Crippen molar-refractivity contribution in [2.75, 3.05) is 6.54 Å². The summed E-state index contributed by atoms with van der Waals surface area (Å²) in [5.41, 5.74) is 2.95. The van der Waals surface area contributed by atoms with Gasteiger partial charge in [-0.15, -0.1) is 35.7 Å². The number of hydrogen-bond acceptors (Lipinski definition) is 2. The van der Waals surface area contributed by atoms with E-state index in [0.29, 0.717) is 5.57 Å². The number of aliphatic imine (C=N–C) groups is 1. The summed E-state index contributed by atoms with van der Waals surface area (Å²) in [4.78, 5) is 15.1. The largest absolute Gasteiger partial charge is 0.478 e. The molecule has 1 heterocycles. The molecule has 1 aliphatic rings. The summed E-state index contributed by atoms with van der Waals surface area (Å²) in [7, 11) is 11.2. The second-order valence-corrected chi connectivity index (χ2v) is 24.0. The van der Waals surface area contributed by atoms with E-state index in [9.17, 15) is 4.79 Å². The van der Waals surface area contributed by atoms with Crippen LogP contribution < -0.4 is 0 Å². The lowest BCUT2D eigenvalue weighted by atomic mass is 10.0. The van der Waals surface area contributed by atoms with Crippen LogP contribution in [0.5, 0.6) is 0 Å². The highest BCUT2D eigenvalue weighted by Gasteiger charge is 2.21. The molecule has 9 heteroatoms. The molecule has 0 amide bonds. The van der Waals surface area contributed by atoms with Crippen molar-refractivity contribution in [3.63, 3.8) is 0 Å². The van der Waals surface area contributed by atoms with Gasteiger partial charge in [0, 0.05) is 0 Å². The molecule has 1 aromatic rings. The van der Waals surface area contributed by atoms with Gasteiger partial charge in [-0.1, -0.05) is 30.3 Å². The second-order valence-electron chi connectivity index (χ2n) is 4.20. The van der Waals surface area contributed by atoms with Crippen LogP contribution in [0.4, 0.5) is 0 Å². The Morgan fingerprint density at radius 2 is 1.67 bits per heavy atom. The van der Waals surface area contributed by atoms with Crippen LogP contribution in [-0.2, 0) is 4.79 Å². The van der Waals surface area contributed by atoms with Crippen LogP contribution >= 0.6 is 49.7 Å². The number of allylic oxidation sites excluding steroid dienone is 1. The minimum atomic E-state index is -0.873. The summed E-state index contributed by atoms with van der Waals surface area (Å²) < 4.78 is 0. The van der Waals surface area contributed by atoms with Crippen LogP contribution in [0.15, 0.2) is 46.5 Å². The van der Waals surface area contributed by atoms with E-state index in [1.54, 1.807) is 0 Å². The minimum absolute atomic E-state index is 0.165. The maximum Gasteiger partial charge on any atom is 0.333 e. The highest BCUT2D eigenvalue weighted by molar-refractivity contribution is 8.92. The summed E-state index contributed by atoms with van der Waals surface area (Å²) in [6.07, 6.45) is 0. The van der Waals surface area contributed by atoms with Crippen molar-refractivity contribution in [3.05, 3.63) is 47.0 Å². The molecule has 0 aromatic heterocycles. The summed E-state index contributed by atoms with van der Waals surface area (Å²) in [5, 5.41) is 8.92. The molecule has 0 saturated heterocycles. The molecule has 1 aromatic carbocycles. The molecule has 4 atom stereocenters. The summed E-state index contributed by atoms with van der Waals surface area (Å²) >= 11 is 0. The number of nitrogens with zero attached hydrogens (tertiary/aromatic N) is 1. The Labute approximate surface area is 137 Å². The van der Waals surface area contributed by atoms with E-state index in [0.717, 1.165) is 16.8 Å². The van der Waals surface area contributed by atoms with Crippen LogP contribution in [0, 0.1) is 0 Å². The predicted octanol–water partition coefficient (Wildman–Crippen LogP) is 4.92. The van der Waals surface area contributed by atoms with E-state index < -0.39 is 5.97 Å². The van der Waals surface area contributed by atoms with E-state index in [-0.39, 0.29) is 20.5 Å². The van der Waals surface area contributed by atoms with Gasteiger partial charge in [0.15, 0.2) is 0 Å². The molecule has 1 N–H and O–H groups in total. The molecule has 114 valence electrons. The smallest absolute Gasteiger partial charge is 0.333 e. The van der Waals surface area contributed by atoms with Crippen LogP contribution in [0.3, 0.4) is 0 Å². The average molecular weight is 395 g/mol. The molecule has 0 bridgehead atoms. The number of aliphatic carboxylic acids is 1. The van der Waals surface area contributed by atoms with Crippen LogP contribution in [-0.4, -0.2) is 23.3 Å². The van der Waals surface area contributed by atoms with E-state index in [2.05, 4.69) is 40.7 Å². The van der Waals surface area contributed by atoms with Crippen molar-refractivity contribution in [2.45, 2.75) is 6.92 Å². The van der Waals surface area contributed by atoms with E-state index >= 15 is 0 Å². The van der Waals surface area contributed by atoms with Gasteiger partial charge in [-0.3, -0.25) is 4.99 Å². The van der Waals surface area contributed by atoms with Gasteiger partial charge < -0.3 is 5.11 Å². The molecule has 0 saturated carbocycles. The monoisotopic (exact) mass is 395 g/mol. The van der Waals surface area contributed by atoms with Gasteiger partial charge in [-0.05, 0) is 32.0 Å². The van der Waals surface area contributed by atoms with Gasteiger partial charge in [0.25, 0.3) is 0 Å². The third-order valence-corrected chi connectivity index (χ3v) is 24.1. The number of carboxylic acid groups (broad SMARTS) is 1. The summed E-state index contributed by atoms with van der Waals surface area (Å²) in [6, 6.07) is 9.64. The molecule has 0 fully saturated rings. The zero-order chi connectivity index (χ0) is 16.0. The summed E-state index contributed by atoms with van der Waals surface area (Å²) in [5.74, 6) is -0.873. The first kappa shape index (κ1) is 19.7. The normalized spacial score (nSPS) is 14.1. The summed E-state index contributed by atoms with van der Waals surface area (Å²) in [6.45, 7) is 2.42. The Kier molecular flexibility index (Phi) is 9.15. The Balaban J connectivity index is 0.000000315. The lowest BCUT2D eigenvalue weighted by Gasteiger charge is -2.06. The van der Waals surface area contributed by atoms with Gasteiger partial charge in [0.05, 0.1) is 17.8 Å². The number of carbonyl (C=O) groups is 1. The van der Waals surface area contributed by atoms with Crippen LogP contribution in [0.25, 0.3) is 0 Å². The zero-order valence-electron chi connectivity index (χ0n) is 11.6. The third kappa shape index (κ3) is 6.36. The molecule has 2 rings (SSSR count). The van der Waals surface area contributed by atoms with Crippen molar-refractivity contribution >= 4 is 61.4 Å². The second kappa shape index (κ2) is 9.74. The first-order chi connectivity index (χ1) is 9.84. The Morgan fingerprint density at radius 1 is 1.14 bits per heavy atom. The number of hydrogen-bond donors (Lipinski definition) is 1. The maximum absolute atomic E-state index is 10.9. The van der Waals surface area contributed by atoms with Crippen molar-refractivity contribution < 1.29 is 9.90 Å². The Bertz CT molecular complexity index is 550. The van der Waals surface area contributed by atoms with Crippen molar-refractivity contribution in [1.82, 2.24) is 0 Å². The minimum Gasteiger partial charge on any atom is -0.478 e. The fourth-order valence-electron chi connectivity index (χ4n) is 1.67. The topological polar surface area (TPSA) is 49.7 Å². The van der Waals surface area contributed by atoms with E-state index in [1.807, 2.05) is 37.3 Å². The maximum atomic E-state index is 10.9. The molecule has 4 unspecified atom stereocenters. The quantitative estimate of drug-likeness (QED) is 0.740. The average Bonchev–Trinajstić information content (AvgIpc) is 2.82. The van der Waals surface area contributed by atoms with Gasteiger partial charge in [0.2, 0.25) is 0 Å². The molecule has 21 heavy (non-hydrogen) atoms. The van der Waals surface area contributed by atoms with Crippen molar-refractivity contribution in [1.29, 1.82) is 0 Å². The Hall–Kier alpha value is 0.680. The highest BCUT2D eigenvalue weighted by atomic mass is 33.0. The van der Waals surface area contributed by atoms with Crippen LogP contribution in [0.2, 0.25) is 0 Å². The van der Waals surface area contributed by atoms with Crippen molar-refractivity contribution in [3.8, 4) is 0 Å². The first-order valence-electron chi connectivity index (χ1n) is 5.96. The SMILES string of the molecule is CC1=C(C(=O)O)CN=C1c1ccccc1.PP(P)P(P)P. The van der Waals surface area contributed by atoms with Gasteiger partial charge in [0.1, 0.15) is 0 Å². The van der Waals surface area contributed by atoms with Gasteiger partial charge in [-0.2, -0.15) is 0 Å². The number of carboxylic acids is 1. The van der Waals surface area contributed by atoms with Crippen molar-refractivity contribution in [2.24, 2.45) is 4.99 Å². The predicted molar refractivity (Wildman–Crippen MR) is 111 cm³/mol. The number of benzene rings is 1. The first-order valence-corrected chi connectivity index (χ1v) is 15.8. The third-order valence-electron chi connectivity index (χ3n) is 2.78. The Morgan fingerprint density at radius 3 is 2.05 bits per heavy atom.